The van der Waals surface area contributed by atoms with Crippen LogP contribution in [0.1, 0.15) is 45.6 Å². The molecule has 4 heteroatoms. The van der Waals surface area contributed by atoms with E-state index in [0.29, 0.717) is 42.9 Å². The van der Waals surface area contributed by atoms with E-state index in [1.54, 1.807) is 12.1 Å². The number of methoxy groups -OCH3 is 1. The lowest BCUT2D eigenvalue weighted by molar-refractivity contribution is -0.126. The summed E-state index contributed by atoms with van der Waals surface area (Å²) in [5.74, 6) is 0.359. The first-order valence-corrected chi connectivity index (χ1v) is 9.20. The number of rotatable bonds is 7. The van der Waals surface area contributed by atoms with Crippen molar-refractivity contribution in [3.63, 3.8) is 0 Å². The maximum absolute atomic E-state index is 13.1. The van der Waals surface area contributed by atoms with Crippen LogP contribution in [0.15, 0.2) is 53.6 Å². The molecule has 144 valence electrons. The minimum Gasteiger partial charge on any atom is -0.495 e. The molecule has 1 atom stereocenters. The lowest BCUT2D eigenvalue weighted by atomic mass is 9.80. The Labute approximate surface area is 161 Å². The van der Waals surface area contributed by atoms with Crippen molar-refractivity contribution in [3.8, 4) is 5.75 Å². The van der Waals surface area contributed by atoms with Crippen molar-refractivity contribution in [3.05, 3.63) is 59.2 Å². The fraction of sp³-hybridized carbons (Fsp3) is 0.391. The summed E-state index contributed by atoms with van der Waals surface area (Å²) in [4.78, 5) is 25.7. The summed E-state index contributed by atoms with van der Waals surface area (Å²) in [6.07, 6.45) is 3.62. The molecule has 1 aliphatic carbocycles. The van der Waals surface area contributed by atoms with Gasteiger partial charge in [0.05, 0.1) is 12.7 Å². The van der Waals surface area contributed by atoms with Crippen molar-refractivity contribution in [1.29, 1.82) is 0 Å². The molecule has 0 spiro atoms. The molecule has 1 fully saturated rings. The van der Waals surface area contributed by atoms with Crippen molar-refractivity contribution >= 4 is 17.3 Å². The summed E-state index contributed by atoms with van der Waals surface area (Å²) in [6.45, 7) is 10.1. The lowest BCUT2D eigenvalue weighted by Crippen LogP contribution is -2.29. The predicted octanol–water partition coefficient (Wildman–Crippen LogP) is 4.90. The van der Waals surface area contributed by atoms with Crippen molar-refractivity contribution < 1.29 is 19.1 Å². The van der Waals surface area contributed by atoms with Crippen molar-refractivity contribution in [2.45, 2.75) is 40.0 Å². The highest BCUT2D eigenvalue weighted by molar-refractivity contribution is 6.26. The van der Waals surface area contributed by atoms with Crippen LogP contribution in [-0.4, -0.2) is 25.3 Å². The van der Waals surface area contributed by atoms with E-state index in [4.69, 9.17) is 9.47 Å². The molecule has 0 saturated heterocycles. The molecule has 1 aromatic carbocycles. The monoisotopic (exact) mass is 368 g/mol. The third-order valence-electron chi connectivity index (χ3n) is 4.46. The van der Waals surface area contributed by atoms with Gasteiger partial charge in [0.25, 0.3) is 0 Å². The number of carbonyl (C=O) groups is 2. The predicted molar refractivity (Wildman–Crippen MR) is 107 cm³/mol. The Morgan fingerprint density at radius 1 is 1.22 bits per heavy atom. The second kappa shape index (κ2) is 9.36. The van der Waals surface area contributed by atoms with E-state index in [0.717, 1.165) is 11.1 Å². The molecular weight excluding hydrogens is 340 g/mol. The molecule has 0 heterocycles. The van der Waals surface area contributed by atoms with E-state index in [-0.39, 0.29) is 23.1 Å². The number of benzene rings is 1. The quantitative estimate of drug-likeness (QED) is 0.297. The zero-order valence-electron chi connectivity index (χ0n) is 16.6. The van der Waals surface area contributed by atoms with Gasteiger partial charge in [-0.25, -0.2) is 0 Å². The molecule has 0 radical (unpaired) electrons. The first-order valence-electron chi connectivity index (χ1n) is 9.20. The summed E-state index contributed by atoms with van der Waals surface area (Å²) in [5, 5.41) is 0. The van der Waals surface area contributed by atoms with Gasteiger partial charge in [-0.1, -0.05) is 30.4 Å². The van der Waals surface area contributed by atoms with E-state index in [9.17, 15) is 9.59 Å². The molecule has 0 N–H and O–H groups in total. The standard InChI is InChI=1S/C23H28O4/c1-15(2)10-11-17-12-13-19(24)21(22(17)25)23(26-5)18-8-6-7-9-20(18)27-14-16(3)4/h6-10,17H,3,11-14H2,1-2,4-5H3/b23-21+/t17-/m0/s1. The van der Waals surface area contributed by atoms with Crippen LogP contribution >= 0.6 is 0 Å². The number of Topliss-reactive ketones (excluding diaryl/α,β-unsaturated/α-hetero) is 2. The molecule has 0 amide bonds. The van der Waals surface area contributed by atoms with Crippen LogP contribution in [0.2, 0.25) is 0 Å². The molecule has 0 unspecified atom stereocenters. The van der Waals surface area contributed by atoms with Gasteiger partial charge >= 0.3 is 0 Å². The molecule has 1 saturated carbocycles. The first-order chi connectivity index (χ1) is 12.8. The topological polar surface area (TPSA) is 52.6 Å². The van der Waals surface area contributed by atoms with Crippen LogP contribution in [0.3, 0.4) is 0 Å². The third-order valence-corrected chi connectivity index (χ3v) is 4.46. The van der Waals surface area contributed by atoms with E-state index in [1.165, 1.54) is 7.11 Å². The van der Waals surface area contributed by atoms with Crippen LogP contribution in [0.4, 0.5) is 0 Å². The van der Waals surface area contributed by atoms with Gasteiger partial charge in [0.2, 0.25) is 0 Å². The average Bonchev–Trinajstić information content (AvgIpc) is 2.63. The molecule has 2 rings (SSSR count). The molecule has 27 heavy (non-hydrogen) atoms. The summed E-state index contributed by atoms with van der Waals surface area (Å²) in [6, 6.07) is 7.29. The van der Waals surface area contributed by atoms with E-state index >= 15 is 0 Å². The Bertz CT molecular complexity index is 794. The zero-order chi connectivity index (χ0) is 20.0. The summed E-state index contributed by atoms with van der Waals surface area (Å²) < 4.78 is 11.4. The van der Waals surface area contributed by atoms with Crippen LogP contribution in [0.5, 0.6) is 5.75 Å². The minimum atomic E-state index is -0.193. The van der Waals surface area contributed by atoms with Crippen LogP contribution in [0.25, 0.3) is 5.76 Å². The van der Waals surface area contributed by atoms with Gasteiger partial charge in [0.1, 0.15) is 23.7 Å². The molecule has 0 aromatic heterocycles. The fourth-order valence-corrected chi connectivity index (χ4v) is 3.07. The Morgan fingerprint density at radius 2 is 1.93 bits per heavy atom. The summed E-state index contributed by atoms with van der Waals surface area (Å²) >= 11 is 0. The smallest absolute Gasteiger partial charge is 0.173 e. The maximum atomic E-state index is 13.1. The Morgan fingerprint density at radius 3 is 2.56 bits per heavy atom. The van der Waals surface area contributed by atoms with Crippen molar-refractivity contribution in [2.24, 2.45) is 5.92 Å². The normalized spacial score (nSPS) is 18.7. The van der Waals surface area contributed by atoms with Gasteiger partial charge in [-0.2, -0.15) is 0 Å². The van der Waals surface area contributed by atoms with Gasteiger partial charge in [-0.3, -0.25) is 9.59 Å². The Kier molecular flexibility index (Phi) is 7.17. The van der Waals surface area contributed by atoms with E-state index < -0.39 is 0 Å². The highest BCUT2D eigenvalue weighted by atomic mass is 16.5. The molecule has 1 aliphatic rings. The average molecular weight is 368 g/mol. The minimum absolute atomic E-state index is 0.143. The number of hydrogen-bond acceptors (Lipinski definition) is 4. The SMILES string of the molecule is C=C(C)COc1ccccc1/C(OC)=C1/C(=O)CC[C@H](CC=C(C)C)C1=O. The van der Waals surface area contributed by atoms with E-state index in [2.05, 4.69) is 6.58 Å². The number of ether oxygens (including phenoxy) is 2. The number of carbonyl (C=O) groups excluding carboxylic acids is 2. The summed E-state index contributed by atoms with van der Waals surface area (Å²) in [7, 11) is 1.48. The number of hydrogen-bond donors (Lipinski definition) is 0. The van der Waals surface area contributed by atoms with Crippen LogP contribution in [-0.2, 0) is 14.3 Å². The van der Waals surface area contributed by atoms with Crippen LogP contribution < -0.4 is 4.74 Å². The largest absolute Gasteiger partial charge is 0.495 e. The third kappa shape index (κ3) is 5.19. The highest BCUT2D eigenvalue weighted by Gasteiger charge is 2.35. The highest BCUT2D eigenvalue weighted by Crippen LogP contribution is 2.35. The Balaban J connectivity index is 2.47. The summed E-state index contributed by atoms with van der Waals surface area (Å²) in [5.41, 5.74) is 2.81. The number of ketones is 2. The Hall–Kier alpha value is -2.62. The van der Waals surface area contributed by atoms with Gasteiger partial charge in [0.15, 0.2) is 11.6 Å². The number of para-hydroxylation sites is 1. The lowest BCUT2D eigenvalue weighted by Gasteiger charge is -2.24. The molecule has 4 nitrogen and oxygen atoms in total. The molecule has 0 aliphatic heterocycles. The molecular formula is C23H28O4. The van der Waals surface area contributed by atoms with E-state index in [1.807, 2.05) is 39.0 Å². The van der Waals surface area contributed by atoms with Gasteiger partial charge < -0.3 is 9.47 Å². The fourth-order valence-electron chi connectivity index (χ4n) is 3.07. The van der Waals surface area contributed by atoms with Gasteiger partial charge in [-0.05, 0) is 51.3 Å². The van der Waals surface area contributed by atoms with Gasteiger partial charge in [-0.15, -0.1) is 0 Å². The van der Waals surface area contributed by atoms with Crippen LogP contribution in [0, 0.1) is 5.92 Å². The van der Waals surface area contributed by atoms with Crippen molar-refractivity contribution in [2.75, 3.05) is 13.7 Å². The van der Waals surface area contributed by atoms with Gasteiger partial charge in [0, 0.05) is 12.3 Å². The first kappa shape index (κ1) is 20.7. The number of allylic oxidation sites excluding steroid dienone is 3. The zero-order valence-corrected chi connectivity index (χ0v) is 16.6. The maximum Gasteiger partial charge on any atom is 0.173 e. The molecule has 1 aromatic rings. The van der Waals surface area contributed by atoms with Crippen molar-refractivity contribution in [1.82, 2.24) is 0 Å². The second-order valence-electron chi connectivity index (χ2n) is 7.19. The molecule has 0 bridgehead atoms. The second-order valence-corrected chi connectivity index (χ2v) is 7.19.